The van der Waals surface area contributed by atoms with E-state index in [1.807, 2.05) is 0 Å². The third-order valence-corrected chi connectivity index (χ3v) is 0. The second-order valence-electron chi connectivity index (χ2n) is 0.224. The molecule has 4 nitrogen and oxygen atoms in total. The van der Waals surface area contributed by atoms with Gasteiger partial charge in [-0.15, -0.1) is 0 Å². The summed E-state index contributed by atoms with van der Waals surface area (Å²) in [7, 11) is 0. The molecule has 0 bridgehead atoms. The SMILES string of the molecule is O=[N+]([O-])[O-].[Cl-].[K+].[Mg+2]. The van der Waals surface area contributed by atoms with Crippen LogP contribution in [-0.4, -0.2) is 28.1 Å². The van der Waals surface area contributed by atoms with E-state index in [0.717, 1.165) is 0 Å². The quantitative estimate of drug-likeness (QED) is 0.201. The minimum absolute atomic E-state index is 0. The molecule has 0 amide bonds. The van der Waals surface area contributed by atoms with Crippen LogP contribution >= 0.6 is 0 Å². The number of hydrogen-bond acceptors (Lipinski definition) is 3. The van der Waals surface area contributed by atoms with Crippen LogP contribution in [0.5, 0.6) is 0 Å². The fraction of sp³-hybridized carbons (Fsp3) is 0. The first kappa shape index (κ1) is 23.1. The van der Waals surface area contributed by atoms with Gasteiger partial charge in [0, 0.05) is 0 Å². The summed E-state index contributed by atoms with van der Waals surface area (Å²) in [5.74, 6) is 0. The Balaban J connectivity index is -0.0000000150. The predicted octanol–water partition coefficient (Wildman–Crippen LogP) is -6.61. The summed E-state index contributed by atoms with van der Waals surface area (Å²) in [4.78, 5) is 8.25. The fourth-order valence-corrected chi connectivity index (χ4v) is 0. The second-order valence-corrected chi connectivity index (χ2v) is 0.224. The molecule has 0 heterocycles. The summed E-state index contributed by atoms with van der Waals surface area (Å²) in [6.45, 7) is 0. The molecule has 7 heavy (non-hydrogen) atoms. The third kappa shape index (κ3) is 76.5. The van der Waals surface area contributed by atoms with Crippen molar-refractivity contribution in [3.63, 3.8) is 0 Å². The normalized spacial score (nSPS) is 3.43. The maximum atomic E-state index is 8.25. The zero-order chi connectivity index (χ0) is 3.58. The van der Waals surface area contributed by atoms with Crippen molar-refractivity contribution in [1.82, 2.24) is 0 Å². The van der Waals surface area contributed by atoms with Crippen molar-refractivity contribution < 1.29 is 68.9 Å². The van der Waals surface area contributed by atoms with Crippen molar-refractivity contribution in [2.75, 3.05) is 0 Å². The Morgan fingerprint density at radius 1 is 1.29 bits per heavy atom. The van der Waals surface area contributed by atoms with Gasteiger partial charge < -0.3 is 27.7 Å². The van der Waals surface area contributed by atoms with Gasteiger partial charge in [-0.05, 0) is 0 Å². The second kappa shape index (κ2) is 15.7. The van der Waals surface area contributed by atoms with Crippen LogP contribution in [0.4, 0.5) is 0 Å². The predicted molar refractivity (Wildman–Crippen MR) is 16.1 cm³/mol. The van der Waals surface area contributed by atoms with E-state index < -0.39 is 5.09 Å². The van der Waals surface area contributed by atoms with Crippen LogP contribution in [0.1, 0.15) is 0 Å². The molecule has 0 radical (unpaired) electrons. The van der Waals surface area contributed by atoms with Gasteiger partial charge in [0.25, 0.3) is 0 Å². The first-order chi connectivity index (χ1) is 1.73. The van der Waals surface area contributed by atoms with E-state index in [-0.39, 0.29) is 86.8 Å². The van der Waals surface area contributed by atoms with E-state index in [1.165, 1.54) is 0 Å². The van der Waals surface area contributed by atoms with Crippen LogP contribution in [0.25, 0.3) is 0 Å². The first-order valence-electron chi connectivity index (χ1n) is 0.548. The fourth-order valence-electron chi connectivity index (χ4n) is 0. The molecular formula is ClKMgNO3+. The molecule has 0 fully saturated rings. The van der Waals surface area contributed by atoms with Crippen LogP contribution in [0.2, 0.25) is 0 Å². The maximum Gasteiger partial charge on any atom is 2.00 e. The van der Waals surface area contributed by atoms with Crippen molar-refractivity contribution in [3.05, 3.63) is 15.3 Å². The van der Waals surface area contributed by atoms with Crippen LogP contribution in [0.15, 0.2) is 0 Å². The molecule has 0 atom stereocenters. The van der Waals surface area contributed by atoms with Crippen molar-refractivity contribution in [2.24, 2.45) is 0 Å². The van der Waals surface area contributed by atoms with Crippen LogP contribution in [-0.2, 0) is 0 Å². The van der Waals surface area contributed by atoms with Gasteiger partial charge in [-0.25, -0.2) is 0 Å². The molecule has 0 aromatic carbocycles. The Morgan fingerprint density at radius 2 is 1.29 bits per heavy atom. The van der Waals surface area contributed by atoms with E-state index in [1.54, 1.807) is 0 Å². The van der Waals surface area contributed by atoms with E-state index >= 15 is 0 Å². The summed E-state index contributed by atoms with van der Waals surface area (Å²) in [5.41, 5.74) is 0. The molecule has 0 rings (SSSR count). The van der Waals surface area contributed by atoms with Gasteiger partial charge >= 0.3 is 74.4 Å². The Bertz CT molecular complexity index is 37.9. The molecule has 0 aliphatic rings. The molecule has 0 aromatic heterocycles. The van der Waals surface area contributed by atoms with Crippen molar-refractivity contribution in [3.8, 4) is 0 Å². The Labute approximate surface area is 105 Å². The van der Waals surface area contributed by atoms with Crippen LogP contribution in [0, 0.1) is 15.3 Å². The van der Waals surface area contributed by atoms with E-state index in [4.69, 9.17) is 15.3 Å². The Morgan fingerprint density at radius 3 is 1.29 bits per heavy atom. The van der Waals surface area contributed by atoms with Crippen molar-refractivity contribution in [2.45, 2.75) is 0 Å². The monoisotopic (exact) mass is 160 g/mol. The standard InChI is InChI=1S/ClH.K.Mg.NO3/c;;;2-1(3)4/h1H;;;/q;+1;+2;-1/p-1. The number of halogens is 1. The van der Waals surface area contributed by atoms with Gasteiger partial charge in [0.1, 0.15) is 0 Å². The van der Waals surface area contributed by atoms with Gasteiger partial charge in [-0.1, -0.05) is 0 Å². The zero-order valence-corrected chi connectivity index (χ0v) is 9.05. The number of nitrogens with zero attached hydrogens (tertiary/aromatic N) is 1. The molecule has 32 valence electrons. The van der Waals surface area contributed by atoms with Gasteiger partial charge in [0.15, 0.2) is 0 Å². The summed E-state index contributed by atoms with van der Waals surface area (Å²) < 4.78 is 0. The summed E-state index contributed by atoms with van der Waals surface area (Å²) in [6, 6.07) is 0. The molecule has 0 aromatic rings. The van der Waals surface area contributed by atoms with E-state index in [2.05, 4.69) is 0 Å². The molecule has 0 spiro atoms. The molecule has 0 saturated heterocycles. The summed E-state index contributed by atoms with van der Waals surface area (Å²) in [6.07, 6.45) is 0. The minimum atomic E-state index is -1.75. The van der Waals surface area contributed by atoms with Crippen LogP contribution < -0.4 is 63.8 Å². The molecule has 0 saturated carbocycles. The van der Waals surface area contributed by atoms with E-state index in [0.29, 0.717) is 0 Å². The maximum absolute atomic E-state index is 8.25. The summed E-state index contributed by atoms with van der Waals surface area (Å²) in [5, 5.41) is 14.8. The Hall–Kier alpha value is 1.89. The van der Waals surface area contributed by atoms with Crippen molar-refractivity contribution >= 4 is 23.1 Å². The first-order valence-corrected chi connectivity index (χ1v) is 0.548. The molecule has 0 aliphatic heterocycles. The largest absolute Gasteiger partial charge is 2.00 e. The molecule has 0 unspecified atom stereocenters. The number of hydrogen-bond donors (Lipinski definition) is 0. The molecule has 7 heteroatoms. The van der Waals surface area contributed by atoms with Crippen molar-refractivity contribution in [1.29, 1.82) is 0 Å². The molecule has 0 aliphatic carbocycles. The Kier molecular flexibility index (Phi) is 51.8. The van der Waals surface area contributed by atoms with E-state index in [9.17, 15) is 0 Å². The molecular weight excluding hydrogens is 161 g/mol. The average molecular weight is 161 g/mol. The van der Waals surface area contributed by atoms with Gasteiger partial charge in [-0.3, -0.25) is 0 Å². The minimum Gasteiger partial charge on any atom is -1.00 e. The average Bonchev–Trinajstić information content (AvgIpc) is 0.811. The van der Waals surface area contributed by atoms with Gasteiger partial charge in [-0.2, -0.15) is 0 Å². The summed E-state index contributed by atoms with van der Waals surface area (Å²) >= 11 is 0. The smallest absolute Gasteiger partial charge is 1.00 e. The van der Waals surface area contributed by atoms with Gasteiger partial charge in [0.2, 0.25) is 0 Å². The molecule has 0 N–H and O–H groups in total. The van der Waals surface area contributed by atoms with Crippen LogP contribution in [0.3, 0.4) is 0 Å². The topological polar surface area (TPSA) is 66.2 Å². The third-order valence-electron chi connectivity index (χ3n) is 0. The number of rotatable bonds is 0. The van der Waals surface area contributed by atoms with Gasteiger partial charge in [0.05, 0.1) is 5.09 Å². The zero-order valence-electron chi connectivity index (χ0n) is 3.76.